The van der Waals surface area contributed by atoms with Crippen LogP contribution in [0.1, 0.15) is 15.9 Å². The summed E-state index contributed by atoms with van der Waals surface area (Å²) in [5, 5.41) is 0. The first-order valence-corrected chi connectivity index (χ1v) is 5.04. The van der Waals surface area contributed by atoms with Crippen LogP contribution in [0.4, 0.5) is 4.39 Å². The van der Waals surface area contributed by atoms with Crippen molar-refractivity contribution in [1.82, 2.24) is 4.90 Å². The van der Waals surface area contributed by atoms with Gasteiger partial charge in [0.2, 0.25) is 0 Å². The zero-order chi connectivity index (χ0) is 13.0. The second-order valence-electron chi connectivity index (χ2n) is 3.70. The molecule has 1 aromatic rings. The Morgan fingerprint density at radius 2 is 2.06 bits per heavy atom. The third-order valence-corrected chi connectivity index (χ3v) is 2.36. The largest absolute Gasteiger partial charge is 0.468 e. The minimum Gasteiger partial charge on any atom is -0.468 e. The number of halogens is 1. The number of nitrogens with zero attached hydrogens (tertiary/aromatic N) is 1. The third kappa shape index (κ3) is 3.27. The van der Waals surface area contributed by atoms with E-state index in [-0.39, 0.29) is 12.5 Å². The van der Waals surface area contributed by atoms with Crippen molar-refractivity contribution in [2.45, 2.75) is 6.92 Å². The van der Waals surface area contributed by atoms with Gasteiger partial charge in [-0.25, -0.2) is 4.39 Å². The molecule has 17 heavy (non-hydrogen) atoms. The number of hydrogen-bond donors (Lipinski definition) is 0. The van der Waals surface area contributed by atoms with Crippen LogP contribution in [0.5, 0.6) is 0 Å². The van der Waals surface area contributed by atoms with Crippen LogP contribution in [0.2, 0.25) is 0 Å². The molecule has 0 aliphatic heterocycles. The summed E-state index contributed by atoms with van der Waals surface area (Å²) < 4.78 is 17.3. The highest BCUT2D eigenvalue weighted by molar-refractivity contribution is 5.97. The second kappa shape index (κ2) is 5.43. The SMILES string of the molecule is COC(=O)CN(C)C(=O)c1ccc(F)cc1C. The summed E-state index contributed by atoms with van der Waals surface area (Å²) in [5.74, 6) is -1.23. The van der Waals surface area contributed by atoms with E-state index < -0.39 is 11.8 Å². The molecule has 0 saturated heterocycles. The number of amides is 1. The smallest absolute Gasteiger partial charge is 0.325 e. The fourth-order valence-corrected chi connectivity index (χ4v) is 1.40. The van der Waals surface area contributed by atoms with Gasteiger partial charge in [0.05, 0.1) is 7.11 Å². The molecule has 0 saturated carbocycles. The average Bonchev–Trinajstić information content (AvgIpc) is 2.28. The molecular formula is C12H14FNO3. The van der Waals surface area contributed by atoms with E-state index in [0.29, 0.717) is 11.1 Å². The van der Waals surface area contributed by atoms with Crippen molar-refractivity contribution in [1.29, 1.82) is 0 Å². The lowest BCUT2D eigenvalue weighted by Gasteiger charge is -2.16. The number of methoxy groups -OCH3 is 1. The normalized spacial score (nSPS) is 9.88. The van der Waals surface area contributed by atoms with Crippen molar-refractivity contribution in [2.75, 3.05) is 20.7 Å². The van der Waals surface area contributed by atoms with Gasteiger partial charge in [-0.3, -0.25) is 9.59 Å². The molecule has 0 atom stereocenters. The van der Waals surface area contributed by atoms with E-state index in [9.17, 15) is 14.0 Å². The molecule has 0 aromatic heterocycles. The summed E-state index contributed by atoms with van der Waals surface area (Å²) in [6.07, 6.45) is 0. The monoisotopic (exact) mass is 239 g/mol. The van der Waals surface area contributed by atoms with E-state index in [1.165, 1.54) is 37.3 Å². The van der Waals surface area contributed by atoms with E-state index in [1.54, 1.807) is 6.92 Å². The second-order valence-corrected chi connectivity index (χ2v) is 3.70. The van der Waals surface area contributed by atoms with Gasteiger partial charge in [0.25, 0.3) is 5.91 Å². The molecule has 0 unspecified atom stereocenters. The molecule has 5 heteroatoms. The average molecular weight is 239 g/mol. The van der Waals surface area contributed by atoms with E-state index >= 15 is 0 Å². The van der Waals surface area contributed by atoms with Crippen LogP contribution in [-0.4, -0.2) is 37.5 Å². The lowest BCUT2D eigenvalue weighted by molar-refractivity contribution is -0.141. The summed E-state index contributed by atoms with van der Waals surface area (Å²) in [5.41, 5.74) is 0.907. The van der Waals surface area contributed by atoms with Crippen molar-refractivity contribution in [2.24, 2.45) is 0 Å². The summed E-state index contributed by atoms with van der Waals surface area (Å²) in [6, 6.07) is 3.90. The molecule has 92 valence electrons. The first-order chi connectivity index (χ1) is 7.95. The van der Waals surface area contributed by atoms with Crippen LogP contribution < -0.4 is 0 Å². The van der Waals surface area contributed by atoms with Crippen molar-refractivity contribution < 1.29 is 18.7 Å². The molecule has 1 aromatic carbocycles. The maximum absolute atomic E-state index is 12.9. The predicted molar refractivity (Wildman–Crippen MR) is 60.1 cm³/mol. The van der Waals surface area contributed by atoms with Gasteiger partial charge in [0, 0.05) is 12.6 Å². The minimum absolute atomic E-state index is 0.133. The maximum atomic E-state index is 12.9. The van der Waals surface area contributed by atoms with Crippen molar-refractivity contribution >= 4 is 11.9 Å². The fourth-order valence-electron chi connectivity index (χ4n) is 1.40. The fraction of sp³-hybridized carbons (Fsp3) is 0.333. The topological polar surface area (TPSA) is 46.6 Å². The Hall–Kier alpha value is -1.91. The number of hydrogen-bond acceptors (Lipinski definition) is 3. The Kier molecular flexibility index (Phi) is 4.20. The Morgan fingerprint density at radius 3 is 2.59 bits per heavy atom. The van der Waals surface area contributed by atoms with Gasteiger partial charge in [-0.05, 0) is 30.7 Å². The molecule has 0 aliphatic rings. The zero-order valence-corrected chi connectivity index (χ0v) is 9.99. The molecular weight excluding hydrogens is 225 g/mol. The Balaban J connectivity index is 2.85. The van der Waals surface area contributed by atoms with Gasteiger partial charge in [0.1, 0.15) is 12.4 Å². The number of aryl methyl sites for hydroxylation is 1. The minimum atomic E-state index is -0.499. The van der Waals surface area contributed by atoms with Gasteiger partial charge in [-0.2, -0.15) is 0 Å². The van der Waals surface area contributed by atoms with E-state index in [2.05, 4.69) is 4.74 Å². The number of rotatable bonds is 3. The maximum Gasteiger partial charge on any atom is 0.325 e. The molecule has 0 fully saturated rings. The summed E-state index contributed by atoms with van der Waals surface area (Å²) >= 11 is 0. The number of carbonyl (C=O) groups excluding carboxylic acids is 2. The van der Waals surface area contributed by atoms with Crippen LogP contribution >= 0.6 is 0 Å². The predicted octanol–water partition coefficient (Wildman–Crippen LogP) is 1.38. The molecule has 1 amide bonds. The quantitative estimate of drug-likeness (QED) is 0.749. The number of esters is 1. The Labute approximate surface area is 99.0 Å². The standard InChI is InChI=1S/C12H14FNO3/c1-8-6-9(13)4-5-10(8)12(16)14(2)7-11(15)17-3/h4-6H,7H2,1-3H3. The highest BCUT2D eigenvalue weighted by atomic mass is 19.1. The molecule has 1 rings (SSSR count). The zero-order valence-electron chi connectivity index (χ0n) is 9.99. The molecule has 0 bridgehead atoms. The van der Waals surface area contributed by atoms with Gasteiger partial charge in [-0.15, -0.1) is 0 Å². The first kappa shape index (κ1) is 13.2. The summed E-state index contributed by atoms with van der Waals surface area (Å²) in [6.45, 7) is 1.51. The molecule has 0 heterocycles. The van der Waals surface area contributed by atoms with Crippen molar-refractivity contribution in [3.8, 4) is 0 Å². The lowest BCUT2D eigenvalue weighted by Crippen LogP contribution is -2.33. The third-order valence-electron chi connectivity index (χ3n) is 2.36. The Bertz CT molecular complexity index is 445. The molecule has 0 spiro atoms. The molecule has 0 aliphatic carbocycles. The molecule has 4 nitrogen and oxygen atoms in total. The number of carbonyl (C=O) groups is 2. The molecule has 0 N–H and O–H groups in total. The summed E-state index contributed by atoms with van der Waals surface area (Å²) in [7, 11) is 2.74. The van der Waals surface area contributed by atoms with Gasteiger partial charge < -0.3 is 9.64 Å². The number of ether oxygens (including phenoxy) is 1. The van der Waals surface area contributed by atoms with Gasteiger partial charge in [-0.1, -0.05) is 0 Å². The van der Waals surface area contributed by atoms with Gasteiger partial charge in [0.15, 0.2) is 0 Å². The Morgan fingerprint density at radius 1 is 1.41 bits per heavy atom. The molecule has 0 radical (unpaired) electrons. The van der Waals surface area contributed by atoms with Crippen LogP contribution in [0, 0.1) is 12.7 Å². The van der Waals surface area contributed by atoms with Crippen molar-refractivity contribution in [3.05, 3.63) is 35.1 Å². The number of likely N-dealkylation sites (N-methyl/N-ethyl adjacent to an activating group) is 1. The van der Waals surface area contributed by atoms with Gasteiger partial charge >= 0.3 is 5.97 Å². The van der Waals surface area contributed by atoms with E-state index in [0.717, 1.165) is 0 Å². The highest BCUT2D eigenvalue weighted by Gasteiger charge is 2.17. The van der Waals surface area contributed by atoms with E-state index in [4.69, 9.17) is 0 Å². The highest BCUT2D eigenvalue weighted by Crippen LogP contribution is 2.12. The van der Waals surface area contributed by atoms with Crippen LogP contribution in [0.15, 0.2) is 18.2 Å². The number of benzene rings is 1. The van der Waals surface area contributed by atoms with Crippen LogP contribution in [0.3, 0.4) is 0 Å². The summed E-state index contributed by atoms with van der Waals surface area (Å²) in [4.78, 5) is 24.2. The van der Waals surface area contributed by atoms with Crippen LogP contribution in [0.25, 0.3) is 0 Å². The van der Waals surface area contributed by atoms with E-state index in [1.807, 2.05) is 0 Å². The lowest BCUT2D eigenvalue weighted by atomic mass is 10.1. The first-order valence-electron chi connectivity index (χ1n) is 5.04. The van der Waals surface area contributed by atoms with Crippen LogP contribution in [-0.2, 0) is 9.53 Å². The van der Waals surface area contributed by atoms with Crippen molar-refractivity contribution in [3.63, 3.8) is 0 Å².